The molecular weight excluding hydrogens is 284 g/mol. The second-order valence-corrected chi connectivity index (χ2v) is 8.43. The van der Waals surface area contributed by atoms with Crippen molar-refractivity contribution in [1.82, 2.24) is 14.9 Å². The number of aryl methyl sites for hydroxylation is 1. The van der Waals surface area contributed by atoms with Crippen molar-refractivity contribution in [2.45, 2.75) is 43.0 Å². The van der Waals surface area contributed by atoms with Crippen LogP contribution in [-0.2, 0) is 16.6 Å². The van der Waals surface area contributed by atoms with Crippen LogP contribution in [0.1, 0.15) is 31.0 Å². The number of aromatic nitrogens is 2. The number of rotatable bonds is 5. The predicted molar refractivity (Wildman–Crippen MR) is 76.5 cm³/mol. The molecule has 1 fully saturated rings. The van der Waals surface area contributed by atoms with Gasteiger partial charge in [0.05, 0.1) is 0 Å². The summed E-state index contributed by atoms with van der Waals surface area (Å²) >= 11 is 1.82. The number of thioether (sulfide) groups is 1. The molecule has 8 heteroatoms. The third-order valence-electron chi connectivity index (χ3n) is 3.43. The zero-order valence-electron chi connectivity index (χ0n) is 11.2. The molecular formula is C11H20N4O2S2. The molecule has 0 aromatic carbocycles. The molecule has 1 aromatic heterocycles. The first-order valence-corrected chi connectivity index (χ1v) is 8.72. The summed E-state index contributed by atoms with van der Waals surface area (Å²) in [6, 6.07) is 0. The lowest BCUT2D eigenvalue weighted by Crippen LogP contribution is -2.37. The van der Waals surface area contributed by atoms with E-state index in [1.807, 2.05) is 11.8 Å². The Bertz CT molecular complexity index is 547. The number of sulfonamides is 1. The van der Waals surface area contributed by atoms with Gasteiger partial charge in [0.2, 0.25) is 0 Å². The van der Waals surface area contributed by atoms with Crippen LogP contribution in [0.3, 0.4) is 0 Å². The lowest BCUT2D eigenvalue weighted by atomic mass is 10.1. The monoisotopic (exact) mass is 304 g/mol. The van der Waals surface area contributed by atoms with Crippen molar-refractivity contribution in [1.29, 1.82) is 0 Å². The fourth-order valence-electron chi connectivity index (χ4n) is 2.18. The molecule has 0 amide bonds. The van der Waals surface area contributed by atoms with Gasteiger partial charge in [-0.2, -0.15) is 16.9 Å². The van der Waals surface area contributed by atoms with Crippen LogP contribution in [0.25, 0.3) is 0 Å². The van der Waals surface area contributed by atoms with Crippen LogP contribution < -0.4 is 10.5 Å². The lowest BCUT2D eigenvalue weighted by Gasteiger charge is -2.22. The predicted octanol–water partition coefficient (Wildman–Crippen LogP) is 0.741. The number of nitrogens with two attached hydrogens (primary N) is 1. The fourth-order valence-corrected chi connectivity index (χ4v) is 4.89. The molecule has 4 N–H and O–H groups in total. The van der Waals surface area contributed by atoms with Crippen molar-refractivity contribution in [3.8, 4) is 0 Å². The topological polar surface area (TPSA) is 101 Å². The summed E-state index contributed by atoms with van der Waals surface area (Å²) in [5, 5.41) is 6.57. The van der Waals surface area contributed by atoms with Gasteiger partial charge in [-0.1, -0.05) is 0 Å². The van der Waals surface area contributed by atoms with E-state index in [1.165, 1.54) is 0 Å². The molecule has 0 spiro atoms. The molecule has 108 valence electrons. The van der Waals surface area contributed by atoms with Gasteiger partial charge in [-0.3, -0.25) is 5.10 Å². The molecule has 2 rings (SSSR count). The standard InChI is InChI=1S/C11H20N4O2S2/c1-8-9(6-12)10(15-14-8)19(16,17)13-7-11(2)4-3-5-18-11/h13H,3-7,12H2,1-2H3,(H,14,15). The van der Waals surface area contributed by atoms with Crippen molar-refractivity contribution >= 4 is 21.8 Å². The van der Waals surface area contributed by atoms with Crippen LogP contribution in [0.15, 0.2) is 5.03 Å². The van der Waals surface area contributed by atoms with E-state index < -0.39 is 10.0 Å². The van der Waals surface area contributed by atoms with Gasteiger partial charge in [-0.15, -0.1) is 0 Å². The van der Waals surface area contributed by atoms with Crippen LogP contribution in [0.2, 0.25) is 0 Å². The van der Waals surface area contributed by atoms with Crippen molar-refractivity contribution in [3.05, 3.63) is 11.3 Å². The van der Waals surface area contributed by atoms with Crippen molar-refractivity contribution < 1.29 is 8.42 Å². The first-order valence-electron chi connectivity index (χ1n) is 6.25. The Labute approximate surface area is 118 Å². The van der Waals surface area contributed by atoms with Gasteiger partial charge in [0.25, 0.3) is 10.0 Å². The van der Waals surface area contributed by atoms with Crippen LogP contribution in [0.5, 0.6) is 0 Å². The van der Waals surface area contributed by atoms with Crippen LogP contribution in [0, 0.1) is 6.92 Å². The molecule has 1 aromatic rings. The van der Waals surface area contributed by atoms with Gasteiger partial charge in [-0.25, -0.2) is 13.1 Å². The molecule has 0 bridgehead atoms. The van der Waals surface area contributed by atoms with E-state index in [0.717, 1.165) is 18.6 Å². The number of nitrogens with zero attached hydrogens (tertiary/aromatic N) is 1. The summed E-state index contributed by atoms with van der Waals surface area (Å²) in [4.78, 5) is 0. The first-order chi connectivity index (χ1) is 8.88. The Hall–Kier alpha value is -0.570. The summed E-state index contributed by atoms with van der Waals surface area (Å²) in [7, 11) is -3.59. The Morgan fingerprint density at radius 3 is 2.89 bits per heavy atom. The Morgan fingerprint density at radius 1 is 1.58 bits per heavy atom. The summed E-state index contributed by atoms with van der Waals surface area (Å²) in [6.45, 7) is 4.44. The maximum absolute atomic E-state index is 12.3. The maximum atomic E-state index is 12.3. The van der Waals surface area contributed by atoms with Gasteiger partial charge in [-0.05, 0) is 32.4 Å². The van der Waals surface area contributed by atoms with Gasteiger partial charge in [0.15, 0.2) is 5.03 Å². The normalized spacial score (nSPS) is 23.9. The van der Waals surface area contributed by atoms with Gasteiger partial charge in [0.1, 0.15) is 0 Å². The highest BCUT2D eigenvalue weighted by Gasteiger charge is 2.32. The minimum absolute atomic E-state index is 0.0126. The third-order valence-corrected chi connectivity index (χ3v) is 6.34. The SMILES string of the molecule is Cc1[nH]nc(S(=O)(=O)NCC2(C)CCCS2)c1CN. The summed E-state index contributed by atoms with van der Waals surface area (Å²) in [5.74, 6) is 1.09. The van der Waals surface area contributed by atoms with Gasteiger partial charge >= 0.3 is 0 Å². The highest BCUT2D eigenvalue weighted by Crippen LogP contribution is 2.37. The van der Waals surface area contributed by atoms with Crippen LogP contribution >= 0.6 is 11.8 Å². The molecule has 1 unspecified atom stereocenters. The molecule has 1 aliphatic rings. The second kappa shape index (κ2) is 5.43. The molecule has 6 nitrogen and oxygen atoms in total. The van der Waals surface area contributed by atoms with E-state index in [-0.39, 0.29) is 16.3 Å². The molecule has 0 radical (unpaired) electrons. The maximum Gasteiger partial charge on any atom is 0.260 e. The highest BCUT2D eigenvalue weighted by molar-refractivity contribution is 8.01. The first kappa shape index (κ1) is 14.8. The number of hydrogen-bond acceptors (Lipinski definition) is 5. The van der Waals surface area contributed by atoms with Crippen molar-refractivity contribution in [2.24, 2.45) is 5.73 Å². The number of hydrogen-bond donors (Lipinski definition) is 3. The average Bonchev–Trinajstić information content (AvgIpc) is 2.94. The molecule has 1 atom stereocenters. The van der Waals surface area contributed by atoms with Crippen LogP contribution in [0.4, 0.5) is 0 Å². The van der Waals surface area contributed by atoms with Crippen molar-refractivity contribution in [2.75, 3.05) is 12.3 Å². The second-order valence-electron chi connectivity index (χ2n) is 5.06. The van der Waals surface area contributed by atoms with Gasteiger partial charge < -0.3 is 5.73 Å². The Kier molecular flexibility index (Phi) is 4.24. The van der Waals surface area contributed by atoms with E-state index in [4.69, 9.17) is 5.73 Å². The fraction of sp³-hybridized carbons (Fsp3) is 0.727. The van der Waals surface area contributed by atoms with E-state index >= 15 is 0 Å². The van der Waals surface area contributed by atoms with Gasteiger partial charge in [0, 0.05) is 29.1 Å². The van der Waals surface area contributed by atoms with E-state index in [2.05, 4.69) is 21.8 Å². The zero-order chi connectivity index (χ0) is 14.1. The smallest absolute Gasteiger partial charge is 0.260 e. The molecule has 1 aliphatic heterocycles. The number of nitrogens with one attached hydrogen (secondary N) is 2. The largest absolute Gasteiger partial charge is 0.326 e. The Morgan fingerprint density at radius 2 is 2.32 bits per heavy atom. The minimum Gasteiger partial charge on any atom is -0.326 e. The minimum atomic E-state index is -3.59. The highest BCUT2D eigenvalue weighted by atomic mass is 32.2. The summed E-state index contributed by atoms with van der Waals surface area (Å²) in [5.41, 5.74) is 6.83. The Balaban J connectivity index is 2.14. The summed E-state index contributed by atoms with van der Waals surface area (Å²) < 4.78 is 27.2. The van der Waals surface area contributed by atoms with Crippen molar-refractivity contribution in [3.63, 3.8) is 0 Å². The zero-order valence-corrected chi connectivity index (χ0v) is 12.8. The third kappa shape index (κ3) is 3.13. The quantitative estimate of drug-likeness (QED) is 0.745. The van der Waals surface area contributed by atoms with Crippen LogP contribution in [-0.4, -0.2) is 35.7 Å². The summed E-state index contributed by atoms with van der Waals surface area (Å²) in [6.07, 6.45) is 2.17. The molecule has 2 heterocycles. The van der Waals surface area contributed by atoms with E-state index in [0.29, 0.717) is 17.8 Å². The average molecular weight is 304 g/mol. The van der Waals surface area contributed by atoms with E-state index in [1.54, 1.807) is 6.92 Å². The number of aromatic amines is 1. The molecule has 0 saturated carbocycles. The molecule has 19 heavy (non-hydrogen) atoms. The number of H-pyrrole nitrogens is 1. The van der Waals surface area contributed by atoms with E-state index in [9.17, 15) is 8.42 Å². The lowest BCUT2D eigenvalue weighted by molar-refractivity contribution is 0.548. The molecule has 1 saturated heterocycles. The molecule has 0 aliphatic carbocycles.